The van der Waals surface area contributed by atoms with E-state index in [1.54, 1.807) is 19.2 Å². The van der Waals surface area contributed by atoms with Crippen molar-refractivity contribution in [2.45, 2.75) is 31.6 Å². The van der Waals surface area contributed by atoms with Crippen LogP contribution in [0.2, 0.25) is 0 Å². The number of aldehydes is 1. The molecule has 1 amide bonds. The minimum Gasteiger partial charge on any atom is -0.496 e. The molecule has 1 N–H and O–H groups in total. The van der Waals surface area contributed by atoms with Crippen molar-refractivity contribution < 1.29 is 23.8 Å². The number of carbonyl (C=O) groups is 2. The number of carbonyl (C=O) groups excluding carboxylic acids is 2. The fourth-order valence-electron chi connectivity index (χ4n) is 6.09. The zero-order chi connectivity index (χ0) is 29.6. The van der Waals surface area contributed by atoms with Gasteiger partial charge in [-0.2, -0.15) is 0 Å². The minimum atomic E-state index is -0.394. The van der Waals surface area contributed by atoms with Crippen molar-refractivity contribution in [2.75, 3.05) is 26.7 Å². The molecule has 7 heteroatoms. The van der Waals surface area contributed by atoms with Gasteiger partial charge in [0.1, 0.15) is 30.5 Å². The Hall–Kier alpha value is -4.62. The van der Waals surface area contributed by atoms with Crippen LogP contribution in [-0.2, 0) is 11.3 Å². The Morgan fingerprint density at radius 3 is 2.40 bits per heavy atom. The molecule has 3 aliphatic heterocycles. The first kappa shape index (κ1) is 28.5. The number of rotatable bonds is 10. The Balaban J connectivity index is 1.14. The van der Waals surface area contributed by atoms with Crippen LogP contribution in [0.4, 0.5) is 4.79 Å². The van der Waals surface area contributed by atoms with Gasteiger partial charge in [-0.3, -0.25) is 9.69 Å². The van der Waals surface area contributed by atoms with Gasteiger partial charge >= 0.3 is 6.09 Å². The molecule has 220 valence electrons. The Kier molecular flexibility index (Phi) is 8.70. The topological polar surface area (TPSA) is 77.1 Å². The Bertz CT molecular complexity index is 1550. The number of methoxy groups -OCH3 is 1. The second-order valence-corrected chi connectivity index (χ2v) is 11.2. The number of ether oxygens (including phenoxy) is 3. The average Bonchev–Trinajstić information content (AvgIpc) is 3.07. The molecule has 7 rings (SSSR count). The van der Waals surface area contributed by atoms with E-state index < -0.39 is 6.09 Å². The molecule has 0 aliphatic carbocycles. The number of fused-ring (bicyclic) bond motifs is 3. The van der Waals surface area contributed by atoms with Crippen molar-refractivity contribution in [3.05, 3.63) is 119 Å². The summed E-state index contributed by atoms with van der Waals surface area (Å²) in [4.78, 5) is 26.8. The lowest BCUT2D eigenvalue weighted by Crippen LogP contribution is -2.52. The number of alkyl carbamates (subject to hydrolysis) is 1. The summed E-state index contributed by atoms with van der Waals surface area (Å²) in [5, 5.41) is 3.13. The van der Waals surface area contributed by atoms with E-state index in [0.29, 0.717) is 29.6 Å². The molecule has 3 heterocycles. The zero-order valence-corrected chi connectivity index (χ0v) is 24.3. The SMILES string of the molecule is COc1ccc(C=O)cc1-c1ccc(COc2cccc(C(NC(=O)OC3CN4CCC3CC4)c3ccccc3)c2)cc1. The van der Waals surface area contributed by atoms with Crippen LogP contribution in [0.3, 0.4) is 0 Å². The van der Waals surface area contributed by atoms with E-state index in [4.69, 9.17) is 14.2 Å². The molecule has 0 radical (unpaired) electrons. The standard InChI is InChI=1S/C36H36N2O5/c1-41-33-15-12-26(23-39)20-32(33)27-13-10-25(11-14-27)24-42-31-9-5-8-30(21-31)35(29-6-3-2-4-7-29)37-36(40)43-34-22-38-18-16-28(34)17-19-38/h2-15,20-21,23,28,34-35H,16-19,22,24H2,1H3,(H,37,40). The molecule has 0 aromatic heterocycles. The van der Waals surface area contributed by atoms with Crippen LogP contribution < -0.4 is 14.8 Å². The minimum absolute atomic E-state index is 0.0602. The van der Waals surface area contributed by atoms with Crippen LogP contribution in [0.5, 0.6) is 11.5 Å². The fourth-order valence-corrected chi connectivity index (χ4v) is 6.09. The maximum absolute atomic E-state index is 13.1. The largest absolute Gasteiger partial charge is 0.496 e. The van der Waals surface area contributed by atoms with E-state index in [9.17, 15) is 9.59 Å². The van der Waals surface area contributed by atoms with Gasteiger partial charge in [-0.05, 0) is 84.4 Å². The Morgan fingerprint density at radius 1 is 0.930 bits per heavy atom. The van der Waals surface area contributed by atoms with E-state index in [-0.39, 0.29) is 12.1 Å². The number of amides is 1. The number of hydrogen-bond acceptors (Lipinski definition) is 6. The molecule has 0 spiro atoms. The predicted octanol–water partition coefficient (Wildman–Crippen LogP) is 6.66. The molecule has 2 unspecified atom stereocenters. The predicted molar refractivity (Wildman–Crippen MR) is 165 cm³/mol. The quantitative estimate of drug-likeness (QED) is 0.213. The van der Waals surface area contributed by atoms with Crippen molar-refractivity contribution in [3.8, 4) is 22.6 Å². The van der Waals surface area contributed by atoms with Crippen molar-refractivity contribution in [1.29, 1.82) is 0 Å². The number of piperidine rings is 3. The first-order valence-electron chi connectivity index (χ1n) is 14.8. The normalized spacial score (nSPS) is 19.7. The maximum atomic E-state index is 13.1. The highest BCUT2D eigenvalue weighted by Crippen LogP contribution is 2.32. The molecule has 2 atom stereocenters. The van der Waals surface area contributed by atoms with E-state index in [1.807, 2.05) is 84.9 Å². The van der Waals surface area contributed by atoms with Crippen LogP contribution in [0.25, 0.3) is 11.1 Å². The third-order valence-electron chi connectivity index (χ3n) is 8.47. The molecule has 3 aliphatic rings. The smallest absolute Gasteiger partial charge is 0.408 e. The Morgan fingerprint density at radius 2 is 1.70 bits per heavy atom. The first-order valence-corrected chi connectivity index (χ1v) is 14.8. The van der Waals surface area contributed by atoms with Crippen LogP contribution in [0.1, 0.15) is 45.9 Å². The molecule has 43 heavy (non-hydrogen) atoms. The van der Waals surface area contributed by atoms with Gasteiger partial charge in [0.25, 0.3) is 0 Å². The van der Waals surface area contributed by atoms with Crippen LogP contribution in [0.15, 0.2) is 97.1 Å². The van der Waals surface area contributed by atoms with Crippen molar-refractivity contribution in [2.24, 2.45) is 5.92 Å². The summed E-state index contributed by atoms with van der Waals surface area (Å²) >= 11 is 0. The summed E-state index contributed by atoms with van der Waals surface area (Å²) in [5.41, 5.74) is 5.28. The van der Waals surface area contributed by atoms with Gasteiger partial charge in [-0.25, -0.2) is 4.79 Å². The number of hydrogen-bond donors (Lipinski definition) is 1. The summed E-state index contributed by atoms with van der Waals surface area (Å²) < 4.78 is 17.6. The monoisotopic (exact) mass is 576 g/mol. The molecule has 4 aromatic rings. The summed E-state index contributed by atoms with van der Waals surface area (Å²) in [6.07, 6.45) is 2.55. The lowest BCUT2D eigenvalue weighted by molar-refractivity contribution is -0.0336. The van der Waals surface area contributed by atoms with Crippen molar-refractivity contribution in [1.82, 2.24) is 10.2 Å². The lowest BCUT2D eigenvalue weighted by atomic mass is 9.86. The van der Waals surface area contributed by atoms with Gasteiger partial charge in [0.2, 0.25) is 0 Å². The molecular formula is C36H36N2O5. The highest BCUT2D eigenvalue weighted by atomic mass is 16.6. The second-order valence-electron chi connectivity index (χ2n) is 11.2. The van der Waals surface area contributed by atoms with Crippen molar-refractivity contribution >= 4 is 12.4 Å². The van der Waals surface area contributed by atoms with Crippen molar-refractivity contribution in [3.63, 3.8) is 0 Å². The van der Waals surface area contributed by atoms with E-state index in [2.05, 4.69) is 10.2 Å². The number of nitrogens with zero attached hydrogens (tertiary/aromatic N) is 1. The number of benzene rings is 4. The Labute approximate surface area is 252 Å². The third kappa shape index (κ3) is 6.73. The molecule has 3 saturated heterocycles. The van der Waals surface area contributed by atoms with Crippen LogP contribution in [-0.4, -0.2) is 50.1 Å². The van der Waals surface area contributed by atoms with Gasteiger partial charge in [-0.1, -0.05) is 66.7 Å². The van der Waals surface area contributed by atoms with Gasteiger partial charge in [0, 0.05) is 17.7 Å². The third-order valence-corrected chi connectivity index (χ3v) is 8.47. The molecule has 3 fully saturated rings. The zero-order valence-electron chi connectivity index (χ0n) is 24.3. The highest BCUT2D eigenvalue weighted by molar-refractivity contribution is 5.81. The fraction of sp³-hybridized carbons (Fsp3) is 0.278. The summed E-state index contributed by atoms with van der Waals surface area (Å²) in [5.74, 6) is 1.86. The van der Waals surface area contributed by atoms with Gasteiger partial charge < -0.3 is 19.5 Å². The van der Waals surface area contributed by atoms with Gasteiger partial charge in [0.05, 0.1) is 13.2 Å². The average molecular weight is 577 g/mol. The molecular weight excluding hydrogens is 540 g/mol. The number of nitrogens with one attached hydrogen (secondary N) is 1. The van der Waals surface area contributed by atoms with Gasteiger partial charge in [-0.15, -0.1) is 0 Å². The van der Waals surface area contributed by atoms with Crippen LogP contribution >= 0.6 is 0 Å². The van der Waals surface area contributed by atoms with Crippen LogP contribution in [0, 0.1) is 5.92 Å². The second kappa shape index (κ2) is 13.1. The summed E-state index contributed by atoms with van der Waals surface area (Å²) in [6.45, 7) is 3.39. The highest BCUT2D eigenvalue weighted by Gasteiger charge is 2.36. The van der Waals surface area contributed by atoms with Gasteiger partial charge in [0.15, 0.2) is 0 Å². The summed E-state index contributed by atoms with van der Waals surface area (Å²) in [7, 11) is 1.62. The lowest BCUT2D eigenvalue weighted by Gasteiger charge is -2.43. The van der Waals surface area contributed by atoms with E-state index in [0.717, 1.165) is 66.6 Å². The molecule has 2 bridgehead atoms. The molecule has 4 aromatic carbocycles. The first-order chi connectivity index (χ1) is 21.1. The van der Waals surface area contributed by atoms with E-state index >= 15 is 0 Å². The maximum Gasteiger partial charge on any atom is 0.408 e. The molecule has 7 nitrogen and oxygen atoms in total. The molecule has 0 saturated carbocycles. The van der Waals surface area contributed by atoms with E-state index in [1.165, 1.54) is 0 Å². The summed E-state index contributed by atoms with van der Waals surface area (Å²) in [6, 6.07) is 30.7.